The third-order valence-electron chi connectivity index (χ3n) is 3.64. The van der Waals surface area contributed by atoms with Crippen LogP contribution in [0.3, 0.4) is 0 Å². The maximum Gasteiger partial charge on any atom is 0.329 e. The van der Waals surface area contributed by atoms with Crippen molar-refractivity contribution in [3.05, 3.63) is 16.3 Å². The summed E-state index contributed by atoms with van der Waals surface area (Å²) in [6.07, 6.45) is 7.99. The number of hydrogen-bond donors (Lipinski definition) is 1. The Morgan fingerprint density at radius 1 is 1.29 bits per heavy atom. The van der Waals surface area contributed by atoms with Gasteiger partial charge in [0.1, 0.15) is 6.20 Å². The van der Waals surface area contributed by atoms with Crippen LogP contribution >= 0.6 is 0 Å². The summed E-state index contributed by atoms with van der Waals surface area (Å²) in [5.74, 6) is 0.926. The first kappa shape index (κ1) is 15.5. The molecule has 2 rings (SSSR count). The van der Waals surface area contributed by atoms with E-state index in [-0.39, 0.29) is 5.69 Å². The number of anilines is 2. The smallest absolute Gasteiger partial charge is 0.329 e. The molecule has 1 aliphatic rings. The van der Waals surface area contributed by atoms with Crippen molar-refractivity contribution in [3.63, 3.8) is 0 Å². The fourth-order valence-electron chi connectivity index (χ4n) is 2.51. The molecule has 0 atom stereocenters. The fourth-order valence-corrected chi connectivity index (χ4v) is 2.51. The van der Waals surface area contributed by atoms with Gasteiger partial charge in [-0.25, -0.2) is 4.98 Å². The second kappa shape index (κ2) is 7.75. The summed E-state index contributed by atoms with van der Waals surface area (Å²) in [6, 6.07) is 0. The normalized spacial score (nSPS) is 16.1. The van der Waals surface area contributed by atoms with Crippen molar-refractivity contribution in [2.24, 2.45) is 0 Å². The molecule has 1 saturated heterocycles. The molecule has 0 radical (unpaired) electrons. The van der Waals surface area contributed by atoms with Gasteiger partial charge in [-0.3, -0.25) is 10.1 Å². The largest absolute Gasteiger partial charge is 0.354 e. The summed E-state index contributed by atoms with van der Waals surface area (Å²) in [6.45, 7) is 4.46. The van der Waals surface area contributed by atoms with Gasteiger partial charge in [0.25, 0.3) is 0 Å². The molecule has 1 aliphatic heterocycles. The lowest BCUT2D eigenvalue weighted by Crippen LogP contribution is -2.29. The summed E-state index contributed by atoms with van der Waals surface area (Å²) in [7, 11) is 0. The molecule has 0 aliphatic carbocycles. The van der Waals surface area contributed by atoms with E-state index in [0.717, 1.165) is 38.9 Å². The minimum atomic E-state index is -0.391. The lowest BCUT2D eigenvalue weighted by molar-refractivity contribution is -0.384. The average Bonchev–Trinajstić information content (AvgIpc) is 2.44. The van der Waals surface area contributed by atoms with Gasteiger partial charge in [-0.2, -0.15) is 4.98 Å². The molecule has 0 saturated carbocycles. The molecule has 0 aromatic carbocycles. The third kappa shape index (κ3) is 4.27. The molecule has 0 spiro atoms. The summed E-state index contributed by atoms with van der Waals surface area (Å²) in [5, 5.41) is 14.3. The van der Waals surface area contributed by atoms with Gasteiger partial charge in [0, 0.05) is 19.6 Å². The second-order valence-corrected chi connectivity index (χ2v) is 5.34. The minimum Gasteiger partial charge on any atom is -0.354 e. The second-order valence-electron chi connectivity index (χ2n) is 5.34. The van der Waals surface area contributed by atoms with Gasteiger partial charge in [0.15, 0.2) is 0 Å². The first-order valence-corrected chi connectivity index (χ1v) is 7.72. The van der Waals surface area contributed by atoms with E-state index >= 15 is 0 Å². The van der Waals surface area contributed by atoms with Crippen LogP contribution in [0.4, 0.5) is 17.5 Å². The molecule has 116 valence electrons. The zero-order chi connectivity index (χ0) is 15.1. The highest BCUT2D eigenvalue weighted by Gasteiger charge is 2.23. The van der Waals surface area contributed by atoms with Crippen molar-refractivity contribution in [1.29, 1.82) is 0 Å². The van der Waals surface area contributed by atoms with Gasteiger partial charge in [-0.1, -0.05) is 26.2 Å². The van der Waals surface area contributed by atoms with Crippen LogP contribution in [0.5, 0.6) is 0 Å². The maximum absolute atomic E-state index is 11.2. The number of rotatable bonds is 5. The van der Waals surface area contributed by atoms with E-state index in [4.69, 9.17) is 0 Å². The summed E-state index contributed by atoms with van der Waals surface area (Å²) in [5.41, 5.74) is -0.00220. The Balaban J connectivity index is 2.25. The Bertz CT molecular complexity index is 472. The SMILES string of the molecule is CCCNc1ncc([N+](=O)[O-])c(N2CCCCCCC2)n1. The van der Waals surface area contributed by atoms with Crippen molar-refractivity contribution in [3.8, 4) is 0 Å². The molecular formula is C14H23N5O2. The van der Waals surface area contributed by atoms with Gasteiger partial charge in [0.2, 0.25) is 11.8 Å². The highest BCUT2D eigenvalue weighted by atomic mass is 16.6. The predicted octanol–water partition coefficient (Wildman–Crippen LogP) is 2.98. The minimum absolute atomic E-state index is 0.00220. The van der Waals surface area contributed by atoms with E-state index in [2.05, 4.69) is 22.2 Å². The molecule has 2 heterocycles. The summed E-state index contributed by atoms with van der Waals surface area (Å²) < 4.78 is 0. The molecule has 7 nitrogen and oxygen atoms in total. The van der Waals surface area contributed by atoms with E-state index in [1.807, 2.05) is 4.90 Å². The first-order chi connectivity index (χ1) is 10.2. The maximum atomic E-state index is 11.2. The van der Waals surface area contributed by atoms with E-state index in [1.165, 1.54) is 25.5 Å². The van der Waals surface area contributed by atoms with Crippen LogP contribution in [0.15, 0.2) is 6.20 Å². The van der Waals surface area contributed by atoms with Gasteiger partial charge in [-0.05, 0) is 19.3 Å². The molecular weight excluding hydrogens is 270 g/mol. The molecule has 21 heavy (non-hydrogen) atoms. The molecule has 0 unspecified atom stereocenters. The monoisotopic (exact) mass is 293 g/mol. The van der Waals surface area contributed by atoms with Gasteiger partial charge in [-0.15, -0.1) is 0 Å². The Kier molecular flexibility index (Phi) is 5.71. The van der Waals surface area contributed by atoms with Crippen molar-refractivity contribution in [2.75, 3.05) is 29.9 Å². The molecule has 1 N–H and O–H groups in total. The third-order valence-corrected chi connectivity index (χ3v) is 3.64. The predicted molar refractivity (Wildman–Crippen MR) is 82.8 cm³/mol. The number of nitro groups is 1. The number of hydrogen-bond acceptors (Lipinski definition) is 6. The lowest BCUT2D eigenvalue weighted by atomic mass is 10.1. The van der Waals surface area contributed by atoms with Crippen LogP contribution in [0.25, 0.3) is 0 Å². The Morgan fingerprint density at radius 2 is 1.95 bits per heavy atom. The van der Waals surface area contributed by atoms with Gasteiger partial charge < -0.3 is 10.2 Å². The van der Waals surface area contributed by atoms with E-state index in [0.29, 0.717) is 11.8 Å². The number of nitrogens with one attached hydrogen (secondary N) is 1. The van der Waals surface area contributed by atoms with Gasteiger partial charge in [0.05, 0.1) is 4.92 Å². The van der Waals surface area contributed by atoms with E-state index in [9.17, 15) is 10.1 Å². The highest BCUT2D eigenvalue weighted by Crippen LogP contribution is 2.27. The van der Waals surface area contributed by atoms with Crippen molar-refractivity contribution >= 4 is 17.5 Å². The molecule has 1 aromatic heterocycles. The lowest BCUT2D eigenvalue weighted by Gasteiger charge is -2.25. The number of nitrogens with zero attached hydrogens (tertiary/aromatic N) is 4. The van der Waals surface area contributed by atoms with Crippen molar-refractivity contribution in [2.45, 2.75) is 45.4 Å². The van der Waals surface area contributed by atoms with Crippen molar-refractivity contribution < 1.29 is 4.92 Å². The zero-order valence-corrected chi connectivity index (χ0v) is 12.5. The highest BCUT2D eigenvalue weighted by molar-refractivity contribution is 5.58. The molecule has 0 bridgehead atoms. The Hall–Kier alpha value is -1.92. The number of aromatic nitrogens is 2. The summed E-state index contributed by atoms with van der Waals surface area (Å²) in [4.78, 5) is 21.3. The van der Waals surface area contributed by atoms with Crippen LogP contribution in [0.2, 0.25) is 0 Å². The van der Waals surface area contributed by atoms with Crippen LogP contribution in [0, 0.1) is 10.1 Å². The van der Waals surface area contributed by atoms with Crippen molar-refractivity contribution in [1.82, 2.24) is 9.97 Å². The standard InChI is InChI=1S/C14H23N5O2/c1-2-8-15-14-16-11-12(19(20)21)13(17-14)18-9-6-4-3-5-7-10-18/h11H,2-10H2,1H3,(H,15,16,17). The molecule has 1 aromatic rings. The topological polar surface area (TPSA) is 84.2 Å². The first-order valence-electron chi connectivity index (χ1n) is 7.72. The Morgan fingerprint density at radius 3 is 2.57 bits per heavy atom. The Labute approximate surface area is 124 Å². The van der Waals surface area contributed by atoms with E-state index in [1.54, 1.807) is 0 Å². The van der Waals surface area contributed by atoms with Crippen LogP contribution in [0.1, 0.15) is 45.4 Å². The average molecular weight is 293 g/mol. The molecule has 0 amide bonds. The van der Waals surface area contributed by atoms with Gasteiger partial charge >= 0.3 is 5.69 Å². The quantitative estimate of drug-likeness (QED) is 0.663. The van der Waals surface area contributed by atoms with E-state index < -0.39 is 4.92 Å². The summed E-state index contributed by atoms with van der Waals surface area (Å²) >= 11 is 0. The zero-order valence-electron chi connectivity index (χ0n) is 12.5. The fraction of sp³-hybridized carbons (Fsp3) is 0.714. The molecule has 1 fully saturated rings. The molecule has 7 heteroatoms. The van der Waals surface area contributed by atoms with Crippen LogP contribution in [-0.4, -0.2) is 34.5 Å². The van der Waals surface area contributed by atoms with Crippen LogP contribution in [-0.2, 0) is 0 Å². The van der Waals surface area contributed by atoms with Crippen LogP contribution < -0.4 is 10.2 Å².